The Kier molecular flexibility index (Phi) is 5.31. The van der Waals surface area contributed by atoms with E-state index in [2.05, 4.69) is 24.3 Å². The molecule has 4 nitrogen and oxygen atoms in total. The molecule has 4 aliphatic rings. The number of hydrogen-bond donors (Lipinski definition) is 0. The fraction of sp³-hybridized carbons (Fsp3) is 0.114. The third-order valence-corrected chi connectivity index (χ3v) is 9.56. The van der Waals surface area contributed by atoms with Crippen molar-refractivity contribution in [3.05, 3.63) is 141 Å². The van der Waals surface area contributed by atoms with Gasteiger partial charge in [-0.15, -0.1) is 0 Å². The van der Waals surface area contributed by atoms with E-state index in [-0.39, 0.29) is 17.7 Å². The van der Waals surface area contributed by atoms with Crippen LogP contribution in [0.1, 0.15) is 28.2 Å². The zero-order valence-electron chi connectivity index (χ0n) is 21.7. The lowest BCUT2D eigenvalue weighted by atomic mass is 9.47. The van der Waals surface area contributed by atoms with Crippen LogP contribution in [0.2, 0.25) is 10.0 Å². The highest BCUT2D eigenvalue weighted by Gasteiger charge is 2.68. The van der Waals surface area contributed by atoms with Crippen LogP contribution < -0.4 is 4.90 Å². The van der Waals surface area contributed by atoms with Gasteiger partial charge in [-0.25, -0.2) is 4.90 Å². The normalized spacial score (nSPS) is 24.1. The van der Waals surface area contributed by atoms with Gasteiger partial charge in [-0.3, -0.25) is 14.6 Å². The van der Waals surface area contributed by atoms with Crippen LogP contribution in [0.25, 0.3) is 10.8 Å². The molecule has 41 heavy (non-hydrogen) atoms. The average Bonchev–Trinajstić information content (AvgIpc) is 3.27. The molecule has 6 heteroatoms. The predicted molar refractivity (Wildman–Crippen MR) is 164 cm³/mol. The van der Waals surface area contributed by atoms with Crippen LogP contribution in [-0.4, -0.2) is 18.0 Å². The molecule has 2 bridgehead atoms. The molecule has 5 aromatic rings. The van der Waals surface area contributed by atoms with Gasteiger partial charge in [-0.05, 0) is 51.9 Å². The molecule has 1 fully saturated rings. The summed E-state index contributed by atoms with van der Waals surface area (Å²) in [5, 5.41) is 2.81. The fourth-order valence-corrected chi connectivity index (χ4v) is 7.78. The quantitative estimate of drug-likeness (QED) is 0.162. The number of nitrogens with zero attached hydrogens (tertiary/aromatic N) is 2. The molecule has 1 heterocycles. The Balaban J connectivity index is 1.41. The maximum atomic E-state index is 14.7. The number of rotatable bonds is 3. The third-order valence-electron chi connectivity index (χ3n) is 9.01. The van der Waals surface area contributed by atoms with Crippen molar-refractivity contribution >= 4 is 63.4 Å². The minimum Gasteiger partial charge on any atom is -0.274 e. The number of imide groups is 1. The number of anilines is 1. The van der Waals surface area contributed by atoms with Crippen LogP contribution in [0.4, 0.5) is 11.4 Å². The van der Waals surface area contributed by atoms with Gasteiger partial charge in [0, 0.05) is 22.5 Å². The lowest BCUT2D eigenvalue weighted by molar-refractivity contribution is -0.122. The number of carbonyl (C=O) groups is 2. The van der Waals surface area contributed by atoms with Crippen molar-refractivity contribution in [3.63, 3.8) is 0 Å². The SMILES string of the molecule is O=C1[C@H]2C3c4ccccc4C(C=Nc4cc(Cl)ccc4Cl)(c4ccccc43)[C@H]2C(=O)N1c1cccc2ccccc12. The van der Waals surface area contributed by atoms with Gasteiger partial charge in [0.1, 0.15) is 0 Å². The van der Waals surface area contributed by atoms with Gasteiger partial charge in [-0.2, -0.15) is 0 Å². The number of benzene rings is 5. The smallest absolute Gasteiger partial charge is 0.239 e. The minimum absolute atomic E-state index is 0.177. The highest BCUT2D eigenvalue weighted by molar-refractivity contribution is 6.35. The molecule has 9 rings (SSSR count). The van der Waals surface area contributed by atoms with Crippen molar-refractivity contribution in [3.8, 4) is 0 Å². The zero-order valence-corrected chi connectivity index (χ0v) is 23.2. The zero-order chi connectivity index (χ0) is 27.9. The van der Waals surface area contributed by atoms with Crippen molar-refractivity contribution in [2.24, 2.45) is 16.8 Å². The summed E-state index contributed by atoms with van der Waals surface area (Å²) in [6, 6.07) is 35.0. The number of amides is 2. The van der Waals surface area contributed by atoms with Gasteiger partial charge in [0.25, 0.3) is 0 Å². The summed E-state index contributed by atoms with van der Waals surface area (Å²) in [6.45, 7) is 0. The van der Waals surface area contributed by atoms with Crippen LogP contribution in [-0.2, 0) is 15.0 Å². The second-order valence-electron chi connectivity index (χ2n) is 10.9. The van der Waals surface area contributed by atoms with E-state index in [9.17, 15) is 9.59 Å². The minimum atomic E-state index is -0.982. The summed E-state index contributed by atoms with van der Waals surface area (Å²) in [7, 11) is 0. The molecule has 0 aromatic heterocycles. The van der Waals surface area contributed by atoms with Gasteiger partial charge >= 0.3 is 0 Å². The highest BCUT2D eigenvalue weighted by Crippen LogP contribution is 2.64. The summed E-state index contributed by atoms with van der Waals surface area (Å²) in [5.41, 5.74) is 4.24. The van der Waals surface area contributed by atoms with Crippen LogP contribution in [0.3, 0.4) is 0 Å². The maximum Gasteiger partial charge on any atom is 0.239 e. The summed E-state index contributed by atoms with van der Waals surface area (Å²) in [4.78, 5) is 35.6. The van der Waals surface area contributed by atoms with E-state index in [1.165, 1.54) is 4.90 Å². The largest absolute Gasteiger partial charge is 0.274 e. The molecule has 0 N–H and O–H groups in total. The van der Waals surface area contributed by atoms with E-state index in [0.717, 1.165) is 33.0 Å². The van der Waals surface area contributed by atoms with Crippen molar-refractivity contribution < 1.29 is 9.59 Å². The molecule has 0 unspecified atom stereocenters. The van der Waals surface area contributed by atoms with E-state index in [1.807, 2.05) is 72.9 Å². The predicted octanol–water partition coefficient (Wildman–Crippen LogP) is 8.10. The van der Waals surface area contributed by atoms with Crippen LogP contribution >= 0.6 is 23.2 Å². The monoisotopic (exact) mass is 572 g/mol. The van der Waals surface area contributed by atoms with Crippen molar-refractivity contribution in [2.75, 3.05) is 4.90 Å². The first-order valence-electron chi connectivity index (χ1n) is 13.6. The second-order valence-corrected chi connectivity index (χ2v) is 11.7. The van der Waals surface area contributed by atoms with Crippen molar-refractivity contribution in [1.29, 1.82) is 0 Å². The summed E-state index contributed by atoms with van der Waals surface area (Å²) in [5.74, 6) is -1.88. The van der Waals surface area contributed by atoms with Gasteiger partial charge in [-0.1, -0.05) is 108 Å². The molecule has 1 saturated heterocycles. The van der Waals surface area contributed by atoms with Gasteiger partial charge < -0.3 is 0 Å². The molecule has 0 saturated carbocycles. The van der Waals surface area contributed by atoms with Gasteiger partial charge in [0.05, 0.1) is 33.6 Å². The summed E-state index contributed by atoms with van der Waals surface area (Å²) in [6.07, 6.45) is 1.84. The average molecular weight is 573 g/mol. The topological polar surface area (TPSA) is 49.7 Å². The number of halogens is 2. The van der Waals surface area contributed by atoms with E-state index in [0.29, 0.717) is 21.4 Å². The summed E-state index contributed by atoms with van der Waals surface area (Å²) < 4.78 is 0. The lowest BCUT2D eigenvalue weighted by Gasteiger charge is -2.52. The highest BCUT2D eigenvalue weighted by atomic mass is 35.5. The third kappa shape index (κ3) is 3.26. The van der Waals surface area contributed by atoms with Crippen LogP contribution in [0.5, 0.6) is 0 Å². The molecular formula is C35H22Cl2N2O2. The Labute approximate surface area is 246 Å². The molecule has 2 amide bonds. The molecule has 0 radical (unpaired) electrons. The Morgan fingerprint density at radius 1 is 0.732 bits per heavy atom. The molecule has 3 aliphatic carbocycles. The lowest BCUT2D eigenvalue weighted by Crippen LogP contribution is -2.54. The van der Waals surface area contributed by atoms with Gasteiger partial charge in [0.15, 0.2) is 0 Å². The second kappa shape index (κ2) is 8.87. The van der Waals surface area contributed by atoms with E-state index < -0.39 is 17.3 Å². The fourth-order valence-electron chi connectivity index (χ4n) is 7.45. The number of hydrogen-bond acceptors (Lipinski definition) is 3. The van der Waals surface area contributed by atoms with E-state index >= 15 is 0 Å². The van der Waals surface area contributed by atoms with Crippen molar-refractivity contribution in [2.45, 2.75) is 11.3 Å². The standard InChI is InChI=1S/C35H22Cl2N2O2/c36-21-16-17-27(37)28(18-21)38-19-35-25-13-5-3-11-23(25)30(24-12-4-6-14-26(24)35)31-32(35)34(41)39(33(31)40)29-15-7-9-20-8-1-2-10-22(20)29/h1-19,30-32H/t30?,31-,32+,35?/m0/s1. The van der Waals surface area contributed by atoms with Gasteiger partial charge in [0.2, 0.25) is 11.8 Å². The Morgan fingerprint density at radius 2 is 1.39 bits per heavy atom. The van der Waals surface area contributed by atoms with Crippen molar-refractivity contribution in [1.82, 2.24) is 0 Å². The number of carbonyl (C=O) groups excluding carboxylic acids is 2. The van der Waals surface area contributed by atoms with E-state index in [4.69, 9.17) is 28.2 Å². The Hall–Kier alpha value is -4.25. The number of fused-ring (bicyclic) bond motifs is 1. The Morgan fingerprint density at radius 3 is 2.15 bits per heavy atom. The number of aliphatic imine (C=N–C) groups is 1. The van der Waals surface area contributed by atoms with E-state index in [1.54, 1.807) is 18.2 Å². The van der Waals surface area contributed by atoms with Crippen LogP contribution in [0.15, 0.2) is 114 Å². The first kappa shape index (κ1) is 24.5. The maximum absolute atomic E-state index is 14.7. The molecule has 2 atom stereocenters. The molecular weight excluding hydrogens is 551 g/mol. The summed E-state index contributed by atoms with van der Waals surface area (Å²) >= 11 is 12.8. The molecule has 5 aromatic carbocycles. The first-order chi connectivity index (χ1) is 20.0. The molecule has 0 spiro atoms. The van der Waals surface area contributed by atoms with Crippen LogP contribution in [0, 0.1) is 11.8 Å². The molecule has 198 valence electrons. The Bertz CT molecular complexity index is 1910. The first-order valence-corrected chi connectivity index (χ1v) is 14.3. The molecule has 1 aliphatic heterocycles.